The van der Waals surface area contributed by atoms with Crippen LogP contribution in [0.2, 0.25) is 0 Å². The summed E-state index contributed by atoms with van der Waals surface area (Å²) in [6.07, 6.45) is -4.95. The quantitative estimate of drug-likeness (QED) is 0.820. The summed E-state index contributed by atoms with van der Waals surface area (Å²) in [5.41, 5.74) is -1.28. The summed E-state index contributed by atoms with van der Waals surface area (Å²) in [7, 11) is 1.45. The number of halogens is 3. The third-order valence-corrected chi connectivity index (χ3v) is 5.19. The molecule has 1 saturated heterocycles. The second-order valence-corrected chi connectivity index (χ2v) is 6.46. The first-order valence-corrected chi connectivity index (χ1v) is 8.27. The largest absolute Gasteiger partial charge is 0.497 e. The maximum atomic E-state index is 14.4. The lowest BCUT2D eigenvalue weighted by Gasteiger charge is -2.48. The van der Waals surface area contributed by atoms with E-state index in [1.165, 1.54) is 18.1 Å². The van der Waals surface area contributed by atoms with Crippen LogP contribution in [-0.4, -0.2) is 42.8 Å². The first-order chi connectivity index (χ1) is 12.4. The zero-order valence-electron chi connectivity index (χ0n) is 14.1. The van der Waals surface area contributed by atoms with Crippen LogP contribution < -0.4 is 9.64 Å². The number of hydrogen-bond acceptors (Lipinski definition) is 3. The summed E-state index contributed by atoms with van der Waals surface area (Å²) in [4.78, 5) is 15.2. The predicted octanol–water partition coefficient (Wildman–Crippen LogP) is 3.47. The number of hydrogen-bond donors (Lipinski definition) is 0. The Kier molecular flexibility index (Phi) is 3.64. The van der Waals surface area contributed by atoms with E-state index in [1.807, 2.05) is 0 Å². The van der Waals surface area contributed by atoms with E-state index in [-0.39, 0.29) is 19.5 Å². The van der Waals surface area contributed by atoms with Crippen molar-refractivity contribution in [1.82, 2.24) is 4.90 Å². The van der Waals surface area contributed by atoms with Crippen molar-refractivity contribution in [3.8, 4) is 5.75 Å². The third kappa shape index (κ3) is 2.19. The SMILES string of the molecule is COc1ccc2c(c1)CC1(C(F)(F)F)N(CCN1c1ccccc1)C2=O. The fraction of sp³-hybridized carbons (Fsp3) is 0.316. The Morgan fingerprint density at radius 1 is 1.04 bits per heavy atom. The number of anilines is 1. The van der Waals surface area contributed by atoms with Crippen LogP contribution >= 0.6 is 0 Å². The van der Waals surface area contributed by atoms with Crippen molar-refractivity contribution in [2.75, 3.05) is 25.1 Å². The number of para-hydroxylation sites is 1. The highest BCUT2D eigenvalue weighted by Crippen LogP contribution is 2.49. The highest BCUT2D eigenvalue weighted by Gasteiger charge is 2.68. The van der Waals surface area contributed by atoms with Crippen molar-refractivity contribution < 1.29 is 22.7 Å². The number of carbonyl (C=O) groups excluding carboxylic acids is 1. The van der Waals surface area contributed by atoms with Gasteiger partial charge in [-0.05, 0) is 35.9 Å². The molecule has 4 rings (SSSR count). The van der Waals surface area contributed by atoms with Crippen LogP contribution in [0.3, 0.4) is 0 Å². The van der Waals surface area contributed by atoms with E-state index in [4.69, 9.17) is 4.74 Å². The van der Waals surface area contributed by atoms with E-state index in [1.54, 1.807) is 42.5 Å². The second kappa shape index (κ2) is 5.65. The molecule has 0 aromatic heterocycles. The number of amides is 1. The molecule has 0 N–H and O–H groups in total. The second-order valence-electron chi connectivity index (χ2n) is 6.46. The van der Waals surface area contributed by atoms with E-state index in [9.17, 15) is 18.0 Å². The molecule has 0 spiro atoms. The van der Waals surface area contributed by atoms with Crippen molar-refractivity contribution >= 4 is 11.6 Å². The van der Waals surface area contributed by atoms with Gasteiger partial charge in [-0.3, -0.25) is 4.79 Å². The Morgan fingerprint density at radius 3 is 2.38 bits per heavy atom. The summed E-state index contributed by atoms with van der Waals surface area (Å²) < 4.78 is 48.4. The summed E-state index contributed by atoms with van der Waals surface area (Å²) in [5, 5.41) is 0. The molecular formula is C19H17F3N2O2. The van der Waals surface area contributed by atoms with Crippen LogP contribution in [0.5, 0.6) is 5.75 Å². The third-order valence-electron chi connectivity index (χ3n) is 5.19. The molecule has 136 valence electrons. The maximum Gasteiger partial charge on any atom is 0.431 e. The van der Waals surface area contributed by atoms with Gasteiger partial charge in [0.25, 0.3) is 5.91 Å². The number of fused-ring (bicyclic) bond motifs is 2. The fourth-order valence-corrected chi connectivity index (χ4v) is 4.00. The maximum absolute atomic E-state index is 14.4. The van der Waals surface area contributed by atoms with Gasteiger partial charge in [-0.15, -0.1) is 0 Å². The van der Waals surface area contributed by atoms with Gasteiger partial charge in [-0.25, -0.2) is 0 Å². The van der Waals surface area contributed by atoms with Crippen LogP contribution in [0, 0.1) is 0 Å². The monoisotopic (exact) mass is 362 g/mol. The molecule has 4 nitrogen and oxygen atoms in total. The number of methoxy groups -OCH3 is 1. The zero-order valence-corrected chi connectivity index (χ0v) is 14.1. The Balaban J connectivity index is 1.90. The number of rotatable bonds is 2. The number of benzene rings is 2. The van der Waals surface area contributed by atoms with Crippen LogP contribution in [0.25, 0.3) is 0 Å². The van der Waals surface area contributed by atoms with Gasteiger partial charge in [-0.1, -0.05) is 18.2 Å². The fourth-order valence-electron chi connectivity index (χ4n) is 4.00. The molecule has 0 radical (unpaired) electrons. The van der Waals surface area contributed by atoms with Gasteiger partial charge in [-0.2, -0.15) is 13.2 Å². The molecule has 1 atom stereocenters. The van der Waals surface area contributed by atoms with Gasteiger partial charge >= 0.3 is 6.18 Å². The van der Waals surface area contributed by atoms with E-state index in [0.717, 1.165) is 4.90 Å². The summed E-state index contributed by atoms with van der Waals surface area (Å²) >= 11 is 0. The van der Waals surface area contributed by atoms with Crippen LogP contribution in [-0.2, 0) is 6.42 Å². The molecule has 2 aromatic carbocycles. The lowest BCUT2D eigenvalue weighted by Crippen LogP contribution is -2.68. The molecule has 2 aliphatic heterocycles. The number of carbonyl (C=O) groups is 1. The lowest BCUT2D eigenvalue weighted by atomic mass is 9.87. The first-order valence-electron chi connectivity index (χ1n) is 8.27. The van der Waals surface area contributed by atoms with Gasteiger partial charge in [0, 0.05) is 30.8 Å². The average Bonchev–Trinajstić information content (AvgIpc) is 3.03. The Morgan fingerprint density at radius 2 is 1.73 bits per heavy atom. The number of ether oxygens (including phenoxy) is 1. The molecule has 0 saturated carbocycles. The van der Waals surface area contributed by atoms with Gasteiger partial charge in [0.2, 0.25) is 5.66 Å². The molecule has 26 heavy (non-hydrogen) atoms. The van der Waals surface area contributed by atoms with Gasteiger partial charge < -0.3 is 14.5 Å². The molecule has 0 bridgehead atoms. The van der Waals surface area contributed by atoms with E-state index in [0.29, 0.717) is 22.6 Å². The molecule has 1 unspecified atom stereocenters. The summed E-state index contributed by atoms with van der Waals surface area (Å²) in [6, 6.07) is 13.1. The molecule has 0 aliphatic carbocycles. The highest BCUT2D eigenvalue weighted by molar-refractivity contribution is 5.98. The Bertz CT molecular complexity index is 854. The lowest BCUT2D eigenvalue weighted by molar-refractivity contribution is -0.215. The average molecular weight is 362 g/mol. The number of nitrogens with zero attached hydrogens (tertiary/aromatic N) is 2. The van der Waals surface area contributed by atoms with Crippen LogP contribution in [0.15, 0.2) is 48.5 Å². The number of alkyl halides is 3. The Hall–Kier alpha value is -2.70. The predicted molar refractivity (Wildman–Crippen MR) is 90.3 cm³/mol. The van der Waals surface area contributed by atoms with Crippen LogP contribution in [0.4, 0.5) is 18.9 Å². The van der Waals surface area contributed by atoms with E-state index < -0.39 is 17.7 Å². The van der Waals surface area contributed by atoms with E-state index in [2.05, 4.69) is 0 Å². The molecule has 1 amide bonds. The molecule has 2 aromatic rings. The summed E-state index contributed by atoms with van der Waals surface area (Å²) in [6.45, 7) is 0.152. The standard InChI is InChI=1S/C19H17F3N2O2/c1-26-15-7-8-16-13(11-15)12-18(19(20,21)22)23(9-10-24(18)17(16)25)14-5-3-2-4-6-14/h2-8,11H,9-10,12H2,1H3. The molecule has 7 heteroatoms. The topological polar surface area (TPSA) is 32.8 Å². The van der Waals surface area contributed by atoms with Crippen molar-refractivity contribution in [2.45, 2.75) is 18.3 Å². The molecule has 2 heterocycles. The molecule has 2 aliphatic rings. The van der Waals surface area contributed by atoms with E-state index >= 15 is 0 Å². The summed E-state index contributed by atoms with van der Waals surface area (Å²) in [5.74, 6) is -0.156. The van der Waals surface area contributed by atoms with Gasteiger partial charge in [0.1, 0.15) is 5.75 Å². The highest BCUT2D eigenvalue weighted by atomic mass is 19.4. The van der Waals surface area contributed by atoms with Gasteiger partial charge in [0.05, 0.1) is 7.11 Å². The smallest absolute Gasteiger partial charge is 0.431 e. The first kappa shape index (κ1) is 16.8. The zero-order chi connectivity index (χ0) is 18.5. The van der Waals surface area contributed by atoms with Crippen molar-refractivity contribution in [2.24, 2.45) is 0 Å². The van der Waals surface area contributed by atoms with Gasteiger partial charge in [0.15, 0.2) is 0 Å². The normalized spacial score (nSPS) is 22.2. The van der Waals surface area contributed by atoms with Crippen LogP contribution in [0.1, 0.15) is 15.9 Å². The molecular weight excluding hydrogens is 345 g/mol. The Labute approximate surface area is 148 Å². The minimum Gasteiger partial charge on any atom is -0.497 e. The minimum atomic E-state index is -4.62. The van der Waals surface area contributed by atoms with Crippen molar-refractivity contribution in [1.29, 1.82) is 0 Å². The minimum absolute atomic E-state index is 0.0265. The van der Waals surface area contributed by atoms with Crippen molar-refractivity contribution in [3.05, 3.63) is 59.7 Å². The molecule has 1 fully saturated rings. The van der Waals surface area contributed by atoms with Crippen molar-refractivity contribution in [3.63, 3.8) is 0 Å².